The zero-order valence-electron chi connectivity index (χ0n) is 13.0. The molecule has 1 amide bonds. The highest BCUT2D eigenvalue weighted by molar-refractivity contribution is 5.99. The second-order valence-corrected chi connectivity index (χ2v) is 5.30. The molecule has 0 saturated heterocycles. The van der Waals surface area contributed by atoms with Crippen molar-refractivity contribution in [2.45, 2.75) is 19.9 Å². The highest BCUT2D eigenvalue weighted by atomic mass is 19.3. The number of fused-ring (bicyclic) bond motifs is 1. The molecule has 8 heteroatoms. The van der Waals surface area contributed by atoms with Crippen molar-refractivity contribution in [2.24, 2.45) is 4.99 Å². The van der Waals surface area contributed by atoms with Gasteiger partial charge in [-0.2, -0.15) is 0 Å². The molecule has 2 N–H and O–H groups in total. The van der Waals surface area contributed by atoms with Gasteiger partial charge in [0, 0.05) is 24.5 Å². The van der Waals surface area contributed by atoms with Crippen LogP contribution in [0.2, 0.25) is 0 Å². The number of pyridine rings is 1. The van der Waals surface area contributed by atoms with Gasteiger partial charge in [0.1, 0.15) is 0 Å². The number of aliphatic hydroxyl groups is 1. The van der Waals surface area contributed by atoms with Gasteiger partial charge in [-0.1, -0.05) is 0 Å². The fourth-order valence-corrected chi connectivity index (χ4v) is 2.32. The van der Waals surface area contributed by atoms with Crippen molar-refractivity contribution in [3.63, 3.8) is 0 Å². The molecule has 1 aromatic heterocycles. The van der Waals surface area contributed by atoms with Gasteiger partial charge < -0.3 is 15.1 Å². The molecule has 0 bridgehead atoms. The highest BCUT2D eigenvalue weighted by Gasteiger charge is 2.30. The maximum Gasteiger partial charge on any atom is 0.257 e. The standard InChI is InChI=1S/C16H17F2N3O3/c1-10(9-22)4-11(5-19-6-14(17)18)7-21-8-13-12(16(21)24)2-3-20-15(13)23/h2-5,9,14,22H,6-8H2,1H3,(H,20,23)/b10-9+,11-4+,19-5-. The minimum absolute atomic E-state index is 0.102. The molecule has 6 nitrogen and oxygen atoms in total. The highest BCUT2D eigenvalue weighted by Crippen LogP contribution is 2.28. The number of aliphatic imine (C=N–C) groups is 1. The molecule has 0 atom stereocenters. The van der Waals surface area contributed by atoms with Crippen LogP contribution >= 0.6 is 0 Å². The fourth-order valence-electron chi connectivity index (χ4n) is 2.32. The molecular formula is C16H17F2N3O3. The first-order chi connectivity index (χ1) is 11.4. The number of carbonyl (C=O) groups is 1. The Hall–Kier alpha value is -2.77. The van der Waals surface area contributed by atoms with Crippen molar-refractivity contribution in [1.29, 1.82) is 0 Å². The summed E-state index contributed by atoms with van der Waals surface area (Å²) in [7, 11) is 0. The normalized spacial score (nSPS) is 15.7. The van der Waals surface area contributed by atoms with Gasteiger partial charge in [-0.15, -0.1) is 0 Å². The van der Waals surface area contributed by atoms with Gasteiger partial charge in [0.15, 0.2) is 0 Å². The van der Waals surface area contributed by atoms with Gasteiger partial charge in [-0.05, 0) is 30.2 Å². The van der Waals surface area contributed by atoms with E-state index in [2.05, 4.69) is 9.98 Å². The lowest BCUT2D eigenvalue weighted by atomic mass is 10.2. The Labute approximate surface area is 137 Å². The molecule has 0 aliphatic carbocycles. The summed E-state index contributed by atoms with van der Waals surface area (Å²) in [6, 6.07) is 1.52. The Morgan fingerprint density at radius 1 is 1.54 bits per heavy atom. The Morgan fingerprint density at radius 2 is 2.29 bits per heavy atom. The summed E-state index contributed by atoms with van der Waals surface area (Å²) < 4.78 is 24.4. The molecular weight excluding hydrogens is 320 g/mol. The first-order valence-electron chi connectivity index (χ1n) is 7.18. The van der Waals surface area contributed by atoms with Crippen LogP contribution in [0, 0.1) is 0 Å². The van der Waals surface area contributed by atoms with Crippen molar-refractivity contribution in [3.05, 3.63) is 46.9 Å². The number of nitrogens with zero attached hydrogens (tertiary/aromatic N) is 3. The van der Waals surface area contributed by atoms with Crippen molar-refractivity contribution < 1.29 is 23.8 Å². The monoisotopic (exact) mass is 337 g/mol. The van der Waals surface area contributed by atoms with Gasteiger partial charge in [0.05, 0.1) is 24.9 Å². The average molecular weight is 337 g/mol. The minimum atomic E-state index is -2.56. The predicted octanol–water partition coefficient (Wildman–Crippen LogP) is 2.47. The van der Waals surface area contributed by atoms with Crippen LogP contribution < -0.4 is 0 Å². The molecule has 2 heterocycles. The third-order valence-corrected chi connectivity index (χ3v) is 3.39. The maximum atomic E-state index is 12.4. The molecule has 0 aromatic carbocycles. The molecule has 0 saturated carbocycles. The van der Waals surface area contributed by atoms with Crippen molar-refractivity contribution in [2.75, 3.05) is 13.1 Å². The lowest BCUT2D eigenvalue weighted by Gasteiger charge is -2.16. The topological polar surface area (TPSA) is 86.0 Å². The van der Waals surface area contributed by atoms with Crippen LogP contribution in [0.5, 0.6) is 5.88 Å². The number of alkyl halides is 2. The summed E-state index contributed by atoms with van der Waals surface area (Å²) in [6.07, 6.45) is 2.46. The zero-order chi connectivity index (χ0) is 17.7. The predicted molar refractivity (Wildman–Crippen MR) is 84.5 cm³/mol. The Bertz CT molecular complexity index is 715. The van der Waals surface area contributed by atoms with Crippen LogP contribution in [0.25, 0.3) is 0 Å². The largest absolute Gasteiger partial charge is 0.515 e. The molecule has 24 heavy (non-hydrogen) atoms. The van der Waals surface area contributed by atoms with E-state index >= 15 is 0 Å². The summed E-state index contributed by atoms with van der Waals surface area (Å²) in [6.45, 7) is 1.25. The molecule has 1 aromatic rings. The smallest absolute Gasteiger partial charge is 0.257 e. The Kier molecular flexibility index (Phi) is 5.62. The molecule has 1 aliphatic rings. The Morgan fingerprint density at radius 3 is 2.92 bits per heavy atom. The van der Waals surface area contributed by atoms with Crippen LogP contribution in [0.3, 0.4) is 0 Å². The van der Waals surface area contributed by atoms with E-state index in [1.165, 1.54) is 23.4 Å². The molecule has 0 fully saturated rings. The lowest BCUT2D eigenvalue weighted by Crippen LogP contribution is -2.26. The molecule has 0 unspecified atom stereocenters. The first kappa shape index (κ1) is 17.6. The van der Waals surface area contributed by atoms with Gasteiger partial charge in [0.25, 0.3) is 12.3 Å². The Balaban J connectivity index is 2.19. The molecule has 2 rings (SSSR count). The number of halogens is 2. The number of amides is 1. The summed E-state index contributed by atoms with van der Waals surface area (Å²) in [5, 5.41) is 18.7. The summed E-state index contributed by atoms with van der Waals surface area (Å²) in [5.41, 5.74) is 1.76. The number of hydrogen-bond acceptors (Lipinski definition) is 5. The number of hydrogen-bond donors (Lipinski definition) is 2. The average Bonchev–Trinajstić information content (AvgIpc) is 2.85. The maximum absolute atomic E-state index is 12.4. The van der Waals surface area contributed by atoms with E-state index in [0.717, 1.165) is 6.26 Å². The van der Waals surface area contributed by atoms with Gasteiger partial charge in [-0.25, -0.2) is 13.8 Å². The first-order valence-corrected chi connectivity index (χ1v) is 7.18. The quantitative estimate of drug-likeness (QED) is 0.474. The second-order valence-electron chi connectivity index (χ2n) is 5.30. The third kappa shape index (κ3) is 4.15. The number of carbonyl (C=O) groups excluding carboxylic acids is 1. The number of aliphatic hydroxyl groups excluding tert-OH is 1. The number of rotatable bonds is 6. The van der Waals surface area contributed by atoms with Crippen LogP contribution in [0.15, 0.2) is 40.7 Å². The second kappa shape index (κ2) is 7.67. The molecule has 0 spiro atoms. The van der Waals surface area contributed by atoms with Crippen molar-refractivity contribution >= 4 is 12.1 Å². The summed E-state index contributed by atoms with van der Waals surface area (Å²) in [4.78, 5) is 21.2. The van der Waals surface area contributed by atoms with Crippen LogP contribution in [0.1, 0.15) is 22.8 Å². The van der Waals surface area contributed by atoms with Gasteiger partial charge >= 0.3 is 0 Å². The SMILES string of the molecule is CC(/C=C(\C=N/CC(F)F)CN1Cc2c(ccnc2O)C1=O)=C\O. The summed E-state index contributed by atoms with van der Waals surface area (Å²) in [5.74, 6) is -0.492. The number of allylic oxidation sites excluding steroid dienone is 2. The van der Waals surface area contributed by atoms with Crippen molar-refractivity contribution in [3.8, 4) is 5.88 Å². The molecule has 1 aliphatic heterocycles. The van der Waals surface area contributed by atoms with Crippen LogP contribution in [-0.2, 0) is 6.54 Å². The minimum Gasteiger partial charge on any atom is -0.515 e. The van der Waals surface area contributed by atoms with E-state index in [-0.39, 0.29) is 24.9 Å². The zero-order valence-corrected chi connectivity index (χ0v) is 13.0. The van der Waals surface area contributed by atoms with Gasteiger partial charge in [0.2, 0.25) is 5.88 Å². The van der Waals surface area contributed by atoms with E-state index in [4.69, 9.17) is 5.11 Å². The van der Waals surface area contributed by atoms with E-state index in [1.807, 2.05) is 0 Å². The summed E-state index contributed by atoms with van der Waals surface area (Å²) >= 11 is 0. The number of aromatic nitrogens is 1. The van der Waals surface area contributed by atoms with Crippen LogP contribution in [0.4, 0.5) is 8.78 Å². The van der Waals surface area contributed by atoms with Crippen molar-refractivity contribution in [1.82, 2.24) is 9.88 Å². The number of aromatic hydroxyl groups is 1. The van der Waals surface area contributed by atoms with E-state index in [9.17, 15) is 18.7 Å². The van der Waals surface area contributed by atoms with E-state index < -0.39 is 13.0 Å². The third-order valence-electron chi connectivity index (χ3n) is 3.39. The lowest BCUT2D eigenvalue weighted by molar-refractivity contribution is 0.0794. The van der Waals surface area contributed by atoms with Gasteiger partial charge in [-0.3, -0.25) is 9.79 Å². The molecule has 0 radical (unpaired) electrons. The van der Waals surface area contributed by atoms with E-state index in [0.29, 0.717) is 22.3 Å². The molecule has 128 valence electrons. The van der Waals surface area contributed by atoms with Crippen LogP contribution in [-0.4, -0.2) is 51.7 Å². The fraction of sp³-hybridized carbons (Fsp3) is 0.312. The van der Waals surface area contributed by atoms with E-state index in [1.54, 1.807) is 13.0 Å².